The topological polar surface area (TPSA) is 33.4 Å². The van der Waals surface area contributed by atoms with Crippen molar-refractivity contribution in [3.05, 3.63) is 159 Å². The highest BCUT2D eigenvalue weighted by Crippen LogP contribution is 2.61. The summed E-state index contributed by atoms with van der Waals surface area (Å²) in [6, 6.07) is 36.2. The third-order valence-corrected chi connectivity index (χ3v) is 15.4. The van der Waals surface area contributed by atoms with Crippen LogP contribution in [0, 0.1) is 20.8 Å². The Labute approximate surface area is 357 Å². The van der Waals surface area contributed by atoms with Crippen LogP contribution >= 0.6 is 11.8 Å². The molecule has 0 amide bonds. The largest absolute Gasteiger partial charge is 0.310 e. The summed E-state index contributed by atoms with van der Waals surface area (Å²) in [6.45, 7) is 26.6. The van der Waals surface area contributed by atoms with Crippen molar-refractivity contribution >= 4 is 55.7 Å². The molecule has 7 aromatic rings. The zero-order valence-electron chi connectivity index (χ0n) is 38.6. The van der Waals surface area contributed by atoms with Crippen LogP contribution in [0.4, 0.5) is 17.1 Å². The first kappa shape index (κ1) is 35.8. The van der Waals surface area contributed by atoms with Gasteiger partial charge in [0.25, 0.3) is 0 Å². The molecule has 0 radical (unpaired) electrons. The highest BCUT2D eigenvalue weighted by atomic mass is 32.2. The smallest absolute Gasteiger partial charge is 0.137 e. The second-order valence-electron chi connectivity index (χ2n) is 19.5. The van der Waals surface area contributed by atoms with E-state index in [9.17, 15) is 2.74 Å². The third-order valence-electron chi connectivity index (χ3n) is 13.9. The van der Waals surface area contributed by atoms with Gasteiger partial charge in [0, 0.05) is 36.4 Å². The maximum absolute atomic E-state index is 9.69. The van der Waals surface area contributed by atoms with E-state index in [1.165, 1.54) is 38.6 Å². The second-order valence-corrected chi connectivity index (χ2v) is 20.9. The molecule has 2 aromatic heterocycles. The third kappa shape index (κ3) is 5.49. The van der Waals surface area contributed by atoms with E-state index < -0.39 is 16.7 Å². The SMILES string of the molecule is [2H]C1([2H])c2c(ccc(C)c2C)[C@]2(C)SC(c3cc(C(C)C)cc(N4c5ccccc5C(C)(C)c5cc6c7cc(C)ccc7n(-c7cc(C(C)(C)C)ccn7)c6cc54)c3)=N[C@]12C. The zero-order chi connectivity index (χ0) is 43.3. The lowest BCUT2D eigenvalue weighted by Gasteiger charge is -2.42. The van der Waals surface area contributed by atoms with Crippen LogP contribution in [0.15, 0.2) is 108 Å². The van der Waals surface area contributed by atoms with Gasteiger partial charge in [-0.1, -0.05) is 102 Å². The Bertz CT molecular complexity index is 3060. The van der Waals surface area contributed by atoms with Crippen LogP contribution in [0.25, 0.3) is 27.6 Å². The Morgan fingerprint density at radius 1 is 0.763 bits per heavy atom. The van der Waals surface area contributed by atoms with E-state index in [0.29, 0.717) is 0 Å². The number of hydrogen-bond acceptors (Lipinski definition) is 4. The van der Waals surface area contributed by atoms with Gasteiger partial charge in [0.15, 0.2) is 0 Å². The van der Waals surface area contributed by atoms with Gasteiger partial charge < -0.3 is 4.90 Å². The molecule has 0 saturated carbocycles. The summed E-state index contributed by atoms with van der Waals surface area (Å²) in [7, 11) is 0. The highest BCUT2D eigenvalue weighted by molar-refractivity contribution is 8.15. The number of aryl methyl sites for hydroxylation is 2. The fourth-order valence-electron chi connectivity index (χ4n) is 9.91. The van der Waals surface area contributed by atoms with Crippen molar-refractivity contribution in [1.29, 1.82) is 0 Å². The van der Waals surface area contributed by atoms with Gasteiger partial charge in [0.2, 0.25) is 0 Å². The van der Waals surface area contributed by atoms with Crippen LogP contribution in [-0.2, 0) is 21.9 Å². The van der Waals surface area contributed by atoms with Crippen LogP contribution < -0.4 is 4.90 Å². The molecule has 0 bridgehead atoms. The molecular weight excluding hydrogens is 737 g/mol. The second kappa shape index (κ2) is 12.7. The van der Waals surface area contributed by atoms with Gasteiger partial charge in [-0.15, -0.1) is 0 Å². The number of aliphatic imine (C=N–C) groups is 1. The summed E-state index contributed by atoms with van der Waals surface area (Å²) < 4.78 is 21.2. The molecule has 1 aliphatic carbocycles. The van der Waals surface area contributed by atoms with Gasteiger partial charge in [-0.25, -0.2) is 4.98 Å². The molecule has 10 rings (SSSR count). The van der Waals surface area contributed by atoms with Crippen molar-refractivity contribution in [2.75, 3.05) is 4.90 Å². The molecule has 4 heterocycles. The van der Waals surface area contributed by atoms with Crippen molar-refractivity contribution in [3.63, 3.8) is 0 Å². The van der Waals surface area contributed by atoms with Crippen molar-refractivity contribution in [1.82, 2.24) is 9.55 Å². The standard InChI is InChI=1S/C54H56N4S/c1-31(2)35-24-36(50-56-53(11)30-41-34(5)33(4)18-19-42(41)54(53,12)59-50)26-38(25-35)57-46-16-14-13-15-43(46)52(9,10)44-28-40-39-23-32(3)17-20-45(39)58(47(40)29-48(44)57)49-27-37(21-22-55-49)51(6,7)8/h13-29,31H,30H2,1-12H3/t53-,54+/m1/s1/i30D2. The summed E-state index contributed by atoms with van der Waals surface area (Å²) in [5, 5.41) is 3.33. The molecule has 0 unspecified atom stereocenters. The van der Waals surface area contributed by atoms with Crippen LogP contribution in [0.1, 0.15) is 127 Å². The first-order chi connectivity index (χ1) is 28.7. The lowest BCUT2D eigenvalue weighted by Crippen LogP contribution is -2.36. The maximum atomic E-state index is 9.69. The molecule has 59 heavy (non-hydrogen) atoms. The van der Waals surface area contributed by atoms with Gasteiger partial charge >= 0.3 is 0 Å². The number of pyridine rings is 1. The molecule has 5 aromatic carbocycles. The minimum Gasteiger partial charge on any atom is -0.310 e. The number of rotatable bonds is 4. The Hall–Kier alpha value is -5.13. The molecule has 298 valence electrons. The first-order valence-electron chi connectivity index (χ1n) is 22.2. The van der Waals surface area contributed by atoms with E-state index in [-0.39, 0.29) is 16.7 Å². The van der Waals surface area contributed by atoms with Gasteiger partial charge in [0.1, 0.15) is 5.82 Å². The normalized spacial score (nSPS) is 21.9. The van der Waals surface area contributed by atoms with Crippen molar-refractivity contribution in [2.45, 2.75) is 116 Å². The van der Waals surface area contributed by atoms with Gasteiger partial charge in [0.05, 0.1) is 37.7 Å². The number of anilines is 3. The summed E-state index contributed by atoms with van der Waals surface area (Å²) in [4.78, 5) is 13.0. The molecular formula is C54H56N4S. The number of benzene rings is 5. The van der Waals surface area contributed by atoms with E-state index >= 15 is 0 Å². The van der Waals surface area contributed by atoms with Crippen LogP contribution in [0.5, 0.6) is 0 Å². The van der Waals surface area contributed by atoms with Crippen LogP contribution in [0.2, 0.25) is 0 Å². The van der Waals surface area contributed by atoms with E-state index in [1.54, 1.807) is 11.8 Å². The summed E-state index contributed by atoms with van der Waals surface area (Å²) >= 11 is 1.73. The average Bonchev–Trinajstić information content (AvgIpc) is 3.72. The van der Waals surface area contributed by atoms with Gasteiger partial charge in [-0.3, -0.25) is 9.56 Å². The van der Waals surface area contributed by atoms with Crippen molar-refractivity contribution < 1.29 is 2.74 Å². The lowest BCUT2D eigenvalue weighted by atomic mass is 9.73. The highest BCUT2D eigenvalue weighted by Gasteiger charge is 2.57. The number of nitrogens with zero attached hydrogens (tertiary/aromatic N) is 4. The quantitative estimate of drug-likeness (QED) is 0.178. The molecule has 4 nitrogen and oxygen atoms in total. The van der Waals surface area contributed by atoms with Gasteiger partial charge in [-0.05, 0) is 157 Å². The number of aromatic nitrogens is 2. The number of hydrogen-bond donors (Lipinski definition) is 0. The maximum Gasteiger partial charge on any atom is 0.137 e. The van der Waals surface area contributed by atoms with Crippen molar-refractivity contribution in [3.8, 4) is 5.82 Å². The van der Waals surface area contributed by atoms with E-state index in [4.69, 9.17) is 9.98 Å². The Kier molecular flexibility index (Phi) is 7.70. The minimum atomic E-state index is -1.64. The predicted octanol–water partition coefficient (Wildman–Crippen LogP) is 14.4. The summed E-state index contributed by atoms with van der Waals surface area (Å²) in [5.41, 5.74) is 15.6. The Morgan fingerprint density at radius 3 is 2.29 bits per heavy atom. The molecule has 2 aliphatic heterocycles. The fourth-order valence-corrected chi connectivity index (χ4v) is 11.3. The predicted molar refractivity (Wildman–Crippen MR) is 252 cm³/mol. The minimum absolute atomic E-state index is 0.0323. The van der Waals surface area contributed by atoms with E-state index in [0.717, 1.165) is 66.8 Å². The van der Waals surface area contributed by atoms with Gasteiger partial charge in [-0.2, -0.15) is 0 Å². The summed E-state index contributed by atoms with van der Waals surface area (Å²) in [5.74, 6) is 1.16. The molecule has 0 spiro atoms. The number of para-hydroxylation sites is 1. The molecule has 0 N–H and O–H groups in total. The molecule has 3 aliphatic rings. The molecule has 2 atom stereocenters. The van der Waals surface area contributed by atoms with E-state index in [2.05, 4.69) is 183 Å². The van der Waals surface area contributed by atoms with Crippen LogP contribution in [-0.4, -0.2) is 20.1 Å². The molecule has 0 saturated heterocycles. The van der Waals surface area contributed by atoms with E-state index in [1.807, 2.05) is 13.1 Å². The average molecular weight is 795 g/mol. The van der Waals surface area contributed by atoms with Crippen molar-refractivity contribution in [2.24, 2.45) is 4.99 Å². The molecule has 5 heteroatoms. The summed E-state index contributed by atoms with van der Waals surface area (Å²) in [6.07, 6.45) is 0.316. The Balaban J connectivity index is 1.22. The fraction of sp³-hybridized carbons (Fsp3) is 0.333. The number of fused-ring (bicyclic) bond motifs is 8. The lowest BCUT2D eigenvalue weighted by molar-refractivity contribution is 0.407. The zero-order valence-corrected chi connectivity index (χ0v) is 37.4. The number of thioether (sulfide) groups is 1. The molecule has 0 fully saturated rings. The first-order valence-corrected chi connectivity index (χ1v) is 22.0. The monoisotopic (exact) mass is 794 g/mol. The Morgan fingerprint density at radius 2 is 1.53 bits per heavy atom. The van der Waals surface area contributed by atoms with Crippen LogP contribution in [0.3, 0.4) is 0 Å².